The molecule has 2 fully saturated rings. The Morgan fingerprint density at radius 2 is 1.82 bits per heavy atom. The van der Waals surface area contributed by atoms with E-state index in [1.165, 1.54) is 11.3 Å². The number of halogens is 1. The summed E-state index contributed by atoms with van der Waals surface area (Å²) in [6, 6.07) is 6.87. The lowest BCUT2D eigenvalue weighted by Crippen LogP contribution is -2.57. The van der Waals surface area contributed by atoms with Crippen molar-refractivity contribution in [2.45, 2.75) is 37.8 Å². The number of hydrogen-bond donors (Lipinski definition) is 2. The largest absolute Gasteiger partial charge is 0.481 e. The lowest BCUT2D eigenvalue weighted by Gasteiger charge is -2.42. The van der Waals surface area contributed by atoms with Gasteiger partial charge in [-0.05, 0) is 63.0 Å². The van der Waals surface area contributed by atoms with Crippen LogP contribution < -0.4 is 5.32 Å². The average molecular weight is 507 g/mol. The molecule has 10 heteroatoms. The zero-order valence-electron chi connectivity index (χ0n) is 19.3. The molecule has 0 saturated carbocycles. The molecule has 2 saturated heterocycles. The van der Waals surface area contributed by atoms with E-state index < -0.39 is 12.0 Å². The number of benzene rings is 1. The number of carbonyl (C=O) groups excluding carboxylic acids is 2. The van der Waals surface area contributed by atoms with E-state index >= 15 is 0 Å². The molecule has 2 aliphatic heterocycles. The molecule has 2 aromatic rings. The second-order valence-corrected chi connectivity index (χ2v) is 10.7. The maximum Gasteiger partial charge on any atom is 0.303 e. The molecule has 0 radical (unpaired) electrons. The quantitative estimate of drug-likeness (QED) is 0.600. The highest BCUT2D eigenvalue weighted by Crippen LogP contribution is 2.28. The Hall–Kier alpha value is -2.20. The molecule has 34 heavy (non-hydrogen) atoms. The number of nitrogens with one attached hydrogen (secondary N) is 1. The maximum atomic E-state index is 13.3. The molecular formula is C24H31ClN4O4S. The van der Waals surface area contributed by atoms with Crippen molar-refractivity contribution in [3.8, 4) is 0 Å². The lowest BCUT2D eigenvalue weighted by atomic mass is 10.0. The number of carbonyl (C=O) groups is 3. The predicted octanol–water partition coefficient (Wildman–Crippen LogP) is 2.76. The lowest BCUT2D eigenvalue weighted by molar-refractivity contribution is -0.138. The molecule has 1 aromatic heterocycles. The van der Waals surface area contributed by atoms with Gasteiger partial charge in [0.05, 0.1) is 4.88 Å². The molecule has 2 aliphatic rings. The molecule has 1 atom stereocenters. The molecule has 1 aromatic carbocycles. The number of fused-ring (bicyclic) bond motifs is 1. The van der Waals surface area contributed by atoms with Crippen molar-refractivity contribution in [1.82, 2.24) is 20.0 Å². The number of piperidine rings is 1. The normalized spacial score (nSPS) is 19.3. The zero-order chi connectivity index (χ0) is 24.2. The van der Waals surface area contributed by atoms with Gasteiger partial charge in [-0.15, -0.1) is 11.3 Å². The Balaban J connectivity index is 1.39. The van der Waals surface area contributed by atoms with Gasteiger partial charge in [-0.2, -0.15) is 0 Å². The van der Waals surface area contributed by atoms with Gasteiger partial charge in [0, 0.05) is 48.4 Å². The van der Waals surface area contributed by atoms with Gasteiger partial charge in [0.25, 0.3) is 5.91 Å². The van der Waals surface area contributed by atoms with Gasteiger partial charge in [0.15, 0.2) is 0 Å². The highest BCUT2D eigenvalue weighted by atomic mass is 35.5. The number of nitrogens with zero attached hydrogens (tertiary/aromatic N) is 3. The van der Waals surface area contributed by atoms with Crippen molar-refractivity contribution >= 4 is 50.8 Å². The van der Waals surface area contributed by atoms with E-state index in [4.69, 9.17) is 16.7 Å². The molecule has 2 amide bonds. The Kier molecular flexibility index (Phi) is 8.08. The molecule has 0 aliphatic carbocycles. The third kappa shape index (κ3) is 6.07. The van der Waals surface area contributed by atoms with E-state index in [-0.39, 0.29) is 24.7 Å². The van der Waals surface area contributed by atoms with Crippen LogP contribution in [-0.2, 0) is 9.59 Å². The Morgan fingerprint density at radius 3 is 2.50 bits per heavy atom. The number of carboxylic acids is 1. The standard InChI is InChI=1S/C24H31ClN4O4S/c1-27-8-6-18(7-9-27)28-10-12-29(13-11-28)24(33)19(4-5-22(30)31)26-23(32)21-14-16-2-3-17(25)15-20(16)34-21/h2-3,14-15,18-19H,4-13H2,1H3,(H,26,32)(H,30,31)/t19-/m1/s1. The number of amides is 2. The maximum absolute atomic E-state index is 13.3. The van der Waals surface area contributed by atoms with Crippen LogP contribution in [0.1, 0.15) is 35.4 Å². The van der Waals surface area contributed by atoms with Crippen molar-refractivity contribution < 1.29 is 19.5 Å². The number of thiophene rings is 1. The Labute approximate surface area is 208 Å². The van der Waals surface area contributed by atoms with Crippen molar-refractivity contribution in [2.24, 2.45) is 0 Å². The minimum atomic E-state index is -0.990. The van der Waals surface area contributed by atoms with E-state index in [9.17, 15) is 14.4 Å². The minimum absolute atomic E-state index is 0.0613. The number of carboxylic acid groups (broad SMARTS) is 1. The first-order valence-corrected chi connectivity index (χ1v) is 12.9. The van der Waals surface area contributed by atoms with Crippen molar-refractivity contribution in [1.29, 1.82) is 0 Å². The van der Waals surface area contributed by atoms with E-state index in [2.05, 4.69) is 22.2 Å². The molecule has 2 N–H and O–H groups in total. The van der Waals surface area contributed by atoms with Gasteiger partial charge in [0.2, 0.25) is 5.91 Å². The third-order valence-corrected chi connectivity index (χ3v) is 8.12. The summed E-state index contributed by atoms with van der Waals surface area (Å²) in [5.74, 6) is -1.57. The second kappa shape index (κ2) is 11.0. The number of aliphatic carboxylic acids is 1. The first kappa shape index (κ1) is 24.9. The fraction of sp³-hybridized carbons (Fsp3) is 0.542. The van der Waals surface area contributed by atoms with Crippen LogP contribution in [0.2, 0.25) is 5.02 Å². The summed E-state index contributed by atoms with van der Waals surface area (Å²) < 4.78 is 0.885. The summed E-state index contributed by atoms with van der Waals surface area (Å²) in [5.41, 5.74) is 0. The zero-order valence-corrected chi connectivity index (χ0v) is 20.9. The van der Waals surface area contributed by atoms with Gasteiger partial charge in [0.1, 0.15) is 6.04 Å². The van der Waals surface area contributed by atoms with Crippen LogP contribution in [0.15, 0.2) is 24.3 Å². The number of likely N-dealkylation sites (tertiary alicyclic amines) is 1. The molecule has 8 nitrogen and oxygen atoms in total. The summed E-state index contributed by atoms with van der Waals surface area (Å²) in [4.78, 5) is 44.5. The molecule has 4 rings (SSSR count). The van der Waals surface area contributed by atoms with E-state index in [0.29, 0.717) is 29.0 Å². The number of rotatable bonds is 7. The minimum Gasteiger partial charge on any atom is -0.481 e. The average Bonchev–Trinajstić information content (AvgIpc) is 3.25. The summed E-state index contributed by atoms with van der Waals surface area (Å²) in [7, 11) is 2.15. The summed E-state index contributed by atoms with van der Waals surface area (Å²) in [5, 5.41) is 13.5. The molecule has 0 spiro atoms. The molecule has 184 valence electrons. The van der Waals surface area contributed by atoms with Gasteiger partial charge in [-0.3, -0.25) is 19.3 Å². The summed E-state index contributed by atoms with van der Waals surface area (Å²) >= 11 is 7.35. The fourth-order valence-electron chi connectivity index (χ4n) is 4.76. The third-order valence-electron chi connectivity index (χ3n) is 6.79. The van der Waals surface area contributed by atoms with Crippen LogP contribution in [0, 0.1) is 0 Å². The van der Waals surface area contributed by atoms with Gasteiger partial charge in [-0.1, -0.05) is 17.7 Å². The highest BCUT2D eigenvalue weighted by Gasteiger charge is 2.32. The first-order chi connectivity index (χ1) is 16.3. The fourth-order valence-corrected chi connectivity index (χ4v) is 6.00. The van der Waals surface area contributed by atoms with Gasteiger partial charge in [-0.25, -0.2) is 0 Å². The predicted molar refractivity (Wildman–Crippen MR) is 134 cm³/mol. The van der Waals surface area contributed by atoms with Crippen molar-refractivity contribution in [3.63, 3.8) is 0 Å². The van der Waals surface area contributed by atoms with Gasteiger partial charge < -0.3 is 20.2 Å². The van der Waals surface area contributed by atoms with Crippen molar-refractivity contribution in [3.05, 3.63) is 34.2 Å². The Bertz CT molecular complexity index is 1040. The molecule has 0 unspecified atom stereocenters. The van der Waals surface area contributed by atoms with Crippen LogP contribution in [0.25, 0.3) is 10.1 Å². The Morgan fingerprint density at radius 1 is 1.12 bits per heavy atom. The van der Waals surface area contributed by atoms with Crippen LogP contribution in [-0.4, -0.2) is 96.0 Å². The number of hydrogen-bond acceptors (Lipinski definition) is 6. The SMILES string of the molecule is CN1CCC(N2CCN(C(=O)[C@@H](CCC(=O)O)NC(=O)c3cc4ccc(Cl)cc4s3)CC2)CC1. The second-order valence-electron chi connectivity index (χ2n) is 9.15. The first-order valence-electron chi connectivity index (χ1n) is 11.7. The van der Waals surface area contributed by atoms with E-state index in [0.717, 1.165) is 49.1 Å². The number of piperazine rings is 1. The summed E-state index contributed by atoms with van der Waals surface area (Å²) in [6.45, 7) is 4.97. The molecule has 3 heterocycles. The smallest absolute Gasteiger partial charge is 0.303 e. The van der Waals surface area contributed by atoms with Crippen LogP contribution in [0.4, 0.5) is 0 Å². The van der Waals surface area contributed by atoms with Crippen LogP contribution in [0.3, 0.4) is 0 Å². The highest BCUT2D eigenvalue weighted by molar-refractivity contribution is 7.20. The molecular weight excluding hydrogens is 476 g/mol. The van der Waals surface area contributed by atoms with E-state index in [1.54, 1.807) is 23.1 Å². The summed E-state index contributed by atoms with van der Waals surface area (Å²) in [6.07, 6.45) is 2.16. The van der Waals surface area contributed by atoms with Crippen LogP contribution in [0.5, 0.6) is 0 Å². The molecule has 0 bridgehead atoms. The van der Waals surface area contributed by atoms with E-state index in [1.807, 2.05) is 6.07 Å². The monoisotopic (exact) mass is 506 g/mol. The van der Waals surface area contributed by atoms with Crippen LogP contribution >= 0.6 is 22.9 Å². The van der Waals surface area contributed by atoms with Crippen molar-refractivity contribution in [2.75, 3.05) is 46.3 Å². The topological polar surface area (TPSA) is 93.2 Å². The van der Waals surface area contributed by atoms with Gasteiger partial charge >= 0.3 is 5.97 Å².